The van der Waals surface area contributed by atoms with E-state index in [9.17, 15) is 9.59 Å². The molecule has 0 fully saturated rings. The van der Waals surface area contributed by atoms with Crippen molar-refractivity contribution in [1.29, 1.82) is 0 Å². The van der Waals surface area contributed by atoms with Gasteiger partial charge in [0.1, 0.15) is 5.78 Å². The van der Waals surface area contributed by atoms with Crippen LogP contribution in [0.15, 0.2) is 23.1 Å². The average molecular weight is 210 g/mol. The maximum absolute atomic E-state index is 10.9. The van der Waals surface area contributed by atoms with Gasteiger partial charge in [-0.2, -0.15) is 0 Å². The fraction of sp³-hybridized carbons (Fsp3) is 0.200. The van der Waals surface area contributed by atoms with Gasteiger partial charge in [-0.3, -0.25) is 4.79 Å². The van der Waals surface area contributed by atoms with Gasteiger partial charge in [-0.1, -0.05) is 6.07 Å². The summed E-state index contributed by atoms with van der Waals surface area (Å²) in [6, 6.07) is 4.74. The van der Waals surface area contributed by atoms with Crippen LogP contribution in [0.1, 0.15) is 22.8 Å². The van der Waals surface area contributed by atoms with Crippen LogP contribution in [0.3, 0.4) is 0 Å². The lowest BCUT2D eigenvalue weighted by atomic mass is 10.0. The number of ketones is 1. The molecule has 0 saturated carbocycles. The van der Waals surface area contributed by atoms with E-state index in [1.807, 2.05) is 0 Å². The van der Waals surface area contributed by atoms with Crippen LogP contribution in [0.4, 0.5) is 0 Å². The molecule has 0 unspecified atom stereocenters. The SMILES string of the molecule is CC(=O)Cc1ccc(S)cc1C(=O)O. The molecule has 0 bridgehead atoms. The minimum atomic E-state index is -1.03. The summed E-state index contributed by atoms with van der Waals surface area (Å²) in [6.45, 7) is 1.43. The molecule has 4 heteroatoms. The molecule has 0 saturated heterocycles. The predicted molar refractivity (Wildman–Crippen MR) is 55.0 cm³/mol. The Morgan fingerprint density at radius 2 is 2.07 bits per heavy atom. The first-order chi connectivity index (χ1) is 6.50. The zero-order valence-corrected chi connectivity index (χ0v) is 8.54. The molecular formula is C10H10O3S. The highest BCUT2D eigenvalue weighted by Gasteiger charge is 2.11. The first kappa shape index (κ1) is 10.8. The van der Waals surface area contributed by atoms with Gasteiger partial charge in [-0.15, -0.1) is 12.6 Å². The van der Waals surface area contributed by atoms with Crippen LogP contribution < -0.4 is 0 Å². The molecular weight excluding hydrogens is 200 g/mol. The first-order valence-corrected chi connectivity index (χ1v) is 4.50. The molecule has 0 amide bonds. The number of carbonyl (C=O) groups excluding carboxylic acids is 1. The number of carbonyl (C=O) groups is 2. The average Bonchev–Trinajstić information content (AvgIpc) is 2.07. The second-order valence-corrected chi connectivity index (χ2v) is 3.54. The van der Waals surface area contributed by atoms with Crippen LogP contribution in [0.25, 0.3) is 0 Å². The lowest BCUT2D eigenvalue weighted by molar-refractivity contribution is -0.116. The summed E-state index contributed by atoms with van der Waals surface area (Å²) in [7, 11) is 0. The minimum Gasteiger partial charge on any atom is -0.478 e. The van der Waals surface area contributed by atoms with Gasteiger partial charge in [-0.25, -0.2) is 4.79 Å². The smallest absolute Gasteiger partial charge is 0.336 e. The summed E-state index contributed by atoms with van der Waals surface area (Å²) < 4.78 is 0. The molecule has 0 aliphatic rings. The molecule has 74 valence electrons. The van der Waals surface area contributed by atoms with Crippen molar-refractivity contribution in [2.45, 2.75) is 18.2 Å². The van der Waals surface area contributed by atoms with Crippen LogP contribution in [-0.4, -0.2) is 16.9 Å². The Morgan fingerprint density at radius 3 is 2.57 bits per heavy atom. The largest absolute Gasteiger partial charge is 0.478 e. The maximum Gasteiger partial charge on any atom is 0.336 e. The number of hydrogen-bond acceptors (Lipinski definition) is 3. The lowest BCUT2D eigenvalue weighted by Gasteiger charge is -2.04. The van der Waals surface area contributed by atoms with Gasteiger partial charge in [-0.05, 0) is 24.6 Å². The van der Waals surface area contributed by atoms with Crippen LogP contribution in [0, 0.1) is 0 Å². The monoisotopic (exact) mass is 210 g/mol. The van der Waals surface area contributed by atoms with E-state index < -0.39 is 5.97 Å². The highest BCUT2D eigenvalue weighted by atomic mass is 32.1. The number of rotatable bonds is 3. The zero-order chi connectivity index (χ0) is 10.7. The van der Waals surface area contributed by atoms with Crippen LogP contribution in [0.5, 0.6) is 0 Å². The van der Waals surface area contributed by atoms with Crippen molar-refractivity contribution >= 4 is 24.4 Å². The Morgan fingerprint density at radius 1 is 1.43 bits per heavy atom. The molecule has 0 aliphatic carbocycles. The van der Waals surface area contributed by atoms with E-state index in [1.54, 1.807) is 12.1 Å². The molecule has 3 nitrogen and oxygen atoms in total. The quantitative estimate of drug-likeness (QED) is 0.748. The summed E-state index contributed by atoms with van der Waals surface area (Å²) in [6.07, 6.45) is 0.149. The Labute approximate surface area is 87.2 Å². The summed E-state index contributed by atoms with van der Waals surface area (Å²) in [4.78, 5) is 22.2. The van der Waals surface area contributed by atoms with E-state index in [2.05, 4.69) is 12.6 Å². The second kappa shape index (κ2) is 4.28. The third-order valence-electron chi connectivity index (χ3n) is 1.76. The molecule has 14 heavy (non-hydrogen) atoms. The summed E-state index contributed by atoms with van der Waals surface area (Å²) in [5.74, 6) is -1.09. The Kier molecular flexibility index (Phi) is 3.30. The molecule has 0 aliphatic heterocycles. The molecule has 1 N–H and O–H groups in total. The lowest BCUT2D eigenvalue weighted by Crippen LogP contribution is -2.06. The fourth-order valence-corrected chi connectivity index (χ4v) is 1.39. The number of Topliss-reactive ketones (excluding diaryl/α,β-unsaturated/α-hetero) is 1. The molecule has 0 radical (unpaired) electrons. The predicted octanol–water partition coefficient (Wildman–Crippen LogP) is 1.81. The minimum absolute atomic E-state index is 0.0561. The Hall–Kier alpha value is -1.29. The zero-order valence-electron chi connectivity index (χ0n) is 7.65. The molecule has 0 heterocycles. The standard InChI is InChI=1S/C10H10O3S/c1-6(11)4-7-2-3-8(14)5-9(7)10(12)13/h2-3,5,14H,4H2,1H3,(H,12,13). The number of carboxylic acids is 1. The van der Waals surface area contributed by atoms with E-state index in [0.29, 0.717) is 10.5 Å². The van der Waals surface area contributed by atoms with Crippen LogP contribution >= 0.6 is 12.6 Å². The van der Waals surface area contributed by atoms with E-state index in [1.165, 1.54) is 13.0 Å². The fourth-order valence-electron chi connectivity index (χ4n) is 1.19. The highest BCUT2D eigenvalue weighted by molar-refractivity contribution is 7.80. The van der Waals surface area contributed by atoms with Crippen molar-refractivity contribution in [1.82, 2.24) is 0 Å². The van der Waals surface area contributed by atoms with Gasteiger partial charge in [0.2, 0.25) is 0 Å². The van der Waals surface area contributed by atoms with Crippen molar-refractivity contribution < 1.29 is 14.7 Å². The molecule has 1 rings (SSSR count). The summed E-state index contributed by atoms with van der Waals surface area (Å²) >= 11 is 4.04. The van der Waals surface area contributed by atoms with Gasteiger partial charge in [0, 0.05) is 11.3 Å². The number of aromatic carboxylic acids is 1. The Bertz CT molecular complexity index is 385. The number of benzene rings is 1. The number of hydrogen-bond donors (Lipinski definition) is 2. The van der Waals surface area contributed by atoms with Gasteiger partial charge < -0.3 is 5.11 Å². The molecule has 1 aromatic rings. The third-order valence-corrected chi connectivity index (χ3v) is 2.04. The van der Waals surface area contributed by atoms with Gasteiger partial charge in [0.25, 0.3) is 0 Å². The van der Waals surface area contributed by atoms with E-state index in [0.717, 1.165) is 0 Å². The van der Waals surface area contributed by atoms with Crippen molar-refractivity contribution in [2.24, 2.45) is 0 Å². The third kappa shape index (κ3) is 2.60. The molecule has 0 aromatic heterocycles. The van der Waals surface area contributed by atoms with E-state index in [-0.39, 0.29) is 17.8 Å². The van der Waals surface area contributed by atoms with E-state index in [4.69, 9.17) is 5.11 Å². The van der Waals surface area contributed by atoms with Crippen molar-refractivity contribution in [3.63, 3.8) is 0 Å². The Balaban J connectivity index is 3.14. The maximum atomic E-state index is 10.9. The van der Waals surface area contributed by atoms with Crippen molar-refractivity contribution in [3.05, 3.63) is 29.3 Å². The van der Waals surface area contributed by atoms with Crippen LogP contribution in [0.2, 0.25) is 0 Å². The van der Waals surface area contributed by atoms with Crippen molar-refractivity contribution in [3.8, 4) is 0 Å². The molecule has 0 spiro atoms. The number of thiol groups is 1. The summed E-state index contributed by atoms with van der Waals surface area (Å²) in [5.41, 5.74) is 0.676. The highest BCUT2D eigenvalue weighted by Crippen LogP contribution is 2.15. The van der Waals surface area contributed by atoms with Crippen LogP contribution in [-0.2, 0) is 11.2 Å². The second-order valence-electron chi connectivity index (χ2n) is 3.03. The topological polar surface area (TPSA) is 54.4 Å². The van der Waals surface area contributed by atoms with Gasteiger partial charge in [0.15, 0.2) is 0 Å². The normalized spacial score (nSPS) is 9.86. The van der Waals surface area contributed by atoms with E-state index >= 15 is 0 Å². The molecule has 1 aromatic carbocycles. The summed E-state index contributed by atoms with van der Waals surface area (Å²) in [5, 5.41) is 8.86. The van der Waals surface area contributed by atoms with Gasteiger partial charge >= 0.3 is 5.97 Å². The number of carboxylic acid groups (broad SMARTS) is 1. The van der Waals surface area contributed by atoms with Gasteiger partial charge in [0.05, 0.1) is 5.56 Å². The van der Waals surface area contributed by atoms with Crippen molar-refractivity contribution in [2.75, 3.05) is 0 Å². The molecule has 0 atom stereocenters. The first-order valence-electron chi connectivity index (χ1n) is 4.05.